The molecule has 2 heterocycles. The van der Waals surface area contributed by atoms with Crippen molar-refractivity contribution in [2.45, 2.75) is 44.6 Å². The van der Waals surface area contributed by atoms with E-state index in [1.165, 1.54) is 38.8 Å². The van der Waals surface area contributed by atoms with Crippen molar-refractivity contribution in [1.29, 1.82) is 0 Å². The molecule has 6 nitrogen and oxygen atoms in total. The molecule has 3 rings (SSSR count). The van der Waals surface area contributed by atoms with Crippen LogP contribution in [0.5, 0.6) is 5.75 Å². The zero-order valence-electron chi connectivity index (χ0n) is 14.6. The molecule has 136 valence electrons. The Morgan fingerprint density at radius 2 is 1.96 bits per heavy atom. The summed E-state index contributed by atoms with van der Waals surface area (Å²) < 4.78 is 5.65. The fourth-order valence-electron chi connectivity index (χ4n) is 3.36. The number of anilines is 1. The molecule has 0 spiro atoms. The van der Waals surface area contributed by atoms with Gasteiger partial charge in [0.1, 0.15) is 5.75 Å². The highest BCUT2D eigenvalue weighted by Gasteiger charge is 2.29. The third-order valence-corrected chi connectivity index (χ3v) is 4.75. The standard InChI is InChI=1S/C19H27N3O3/c23-18(20-10-7-13-22-11-5-1-2-6-12-22)14-17-19(24)21-15-8-3-4-9-16(15)25-17/h3-4,8-9,17H,1-2,5-7,10-14H2,(H,20,23)(H,21,24)/t17-/m0/s1. The smallest absolute Gasteiger partial charge is 0.266 e. The summed E-state index contributed by atoms with van der Waals surface area (Å²) in [5, 5.41) is 5.68. The predicted octanol–water partition coefficient (Wildman–Crippen LogP) is 2.16. The first-order valence-electron chi connectivity index (χ1n) is 9.28. The maximum atomic E-state index is 12.1. The van der Waals surface area contributed by atoms with Crippen LogP contribution in [0.3, 0.4) is 0 Å². The minimum atomic E-state index is -0.763. The number of likely N-dealkylation sites (tertiary alicyclic amines) is 1. The second kappa shape index (κ2) is 8.85. The van der Waals surface area contributed by atoms with E-state index in [2.05, 4.69) is 15.5 Å². The van der Waals surface area contributed by atoms with Crippen LogP contribution in [-0.4, -0.2) is 49.0 Å². The number of ether oxygens (including phenoxy) is 1. The van der Waals surface area contributed by atoms with Crippen LogP contribution in [0.2, 0.25) is 0 Å². The number of hydrogen-bond acceptors (Lipinski definition) is 4. The Balaban J connectivity index is 1.37. The van der Waals surface area contributed by atoms with Gasteiger partial charge in [-0.25, -0.2) is 0 Å². The molecular formula is C19H27N3O3. The number of amides is 2. The van der Waals surface area contributed by atoms with E-state index in [0.717, 1.165) is 13.0 Å². The molecule has 0 aromatic heterocycles. The number of benzene rings is 1. The van der Waals surface area contributed by atoms with Gasteiger partial charge < -0.3 is 20.3 Å². The number of carbonyl (C=O) groups is 2. The minimum Gasteiger partial charge on any atom is -0.478 e. The molecule has 2 N–H and O–H groups in total. The number of hydrogen-bond donors (Lipinski definition) is 2. The van der Waals surface area contributed by atoms with Crippen molar-refractivity contribution in [2.75, 3.05) is 31.5 Å². The van der Waals surface area contributed by atoms with Crippen molar-refractivity contribution in [3.05, 3.63) is 24.3 Å². The lowest BCUT2D eigenvalue weighted by Crippen LogP contribution is -2.41. The van der Waals surface area contributed by atoms with Crippen LogP contribution in [0, 0.1) is 0 Å². The lowest BCUT2D eigenvalue weighted by atomic mass is 10.1. The molecule has 1 saturated heterocycles. The molecule has 2 amide bonds. The average molecular weight is 345 g/mol. The topological polar surface area (TPSA) is 70.7 Å². The van der Waals surface area contributed by atoms with Crippen molar-refractivity contribution in [3.63, 3.8) is 0 Å². The molecule has 2 aliphatic heterocycles. The van der Waals surface area contributed by atoms with Crippen LogP contribution in [-0.2, 0) is 9.59 Å². The molecule has 0 unspecified atom stereocenters. The maximum Gasteiger partial charge on any atom is 0.266 e. The van der Waals surface area contributed by atoms with Gasteiger partial charge in [0.25, 0.3) is 5.91 Å². The van der Waals surface area contributed by atoms with E-state index in [1.807, 2.05) is 12.1 Å². The lowest BCUT2D eigenvalue weighted by molar-refractivity contribution is -0.130. The molecule has 1 fully saturated rings. The number of nitrogens with zero attached hydrogens (tertiary/aromatic N) is 1. The monoisotopic (exact) mass is 345 g/mol. The second-order valence-corrected chi connectivity index (χ2v) is 6.76. The van der Waals surface area contributed by atoms with E-state index in [4.69, 9.17) is 4.74 Å². The summed E-state index contributed by atoms with van der Waals surface area (Å²) >= 11 is 0. The van der Waals surface area contributed by atoms with Crippen molar-refractivity contribution in [2.24, 2.45) is 0 Å². The van der Waals surface area contributed by atoms with E-state index in [-0.39, 0.29) is 18.2 Å². The van der Waals surface area contributed by atoms with Gasteiger partial charge in [-0.2, -0.15) is 0 Å². The highest BCUT2D eigenvalue weighted by molar-refractivity contribution is 5.99. The zero-order valence-corrected chi connectivity index (χ0v) is 14.6. The second-order valence-electron chi connectivity index (χ2n) is 6.76. The van der Waals surface area contributed by atoms with Gasteiger partial charge in [-0.1, -0.05) is 25.0 Å². The van der Waals surface area contributed by atoms with Crippen LogP contribution in [0.4, 0.5) is 5.69 Å². The molecule has 6 heteroatoms. The molecule has 1 aromatic rings. The van der Waals surface area contributed by atoms with E-state index in [1.54, 1.807) is 12.1 Å². The number of para-hydroxylation sites is 2. The summed E-state index contributed by atoms with van der Waals surface area (Å²) in [7, 11) is 0. The number of nitrogens with one attached hydrogen (secondary N) is 2. The normalized spacial score (nSPS) is 20.8. The Kier molecular flexibility index (Phi) is 6.28. The minimum absolute atomic E-state index is 0.0455. The third kappa shape index (κ3) is 5.19. The Morgan fingerprint density at radius 1 is 1.20 bits per heavy atom. The van der Waals surface area contributed by atoms with Crippen molar-refractivity contribution < 1.29 is 14.3 Å². The fraction of sp³-hybridized carbons (Fsp3) is 0.579. The van der Waals surface area contributed by atoms with Gasteiger partial charge in [0.05, 0.1) is 12.1 Å². The summed E-state index contributed by atoms with van der Waals surface area (Å²) in [5.74, 6) is 0.204. The molecule has 0 bridgehead atoms. The summed E-state index contributed by atoms with van der Waals surface area (Å²) in [6.07, 6.45) is 5.44. The summed E-state index contributed by atoms with van der Waals surface area (Å²) in [6.45, 7) is 4.00. The summed E-state index contributed by atoms with van der Waals surface area (Å²) in [6, 6.07) is 7.25. The van der Waals surface area contributed by atoms with Crippen LogP contribution in [0.1, 0.15) is 38.5 Å². The quantitative estimate of drug-likeness (QED) is 0.775. The first kappa shape index (κ1) is 17.7. The zero-order chi connectivity index (χ0) is 17.5. The predicted molar refractivity (Wildman–Crippen MR) is 96.6 cm³/mol. The van der Waals surface area contributed by atoms with Gasteiger partial charge in [-0.3, -0.25) is 9.59 Å². The van der Waals surface area contributed by atoms with Crippen molar-refractivity contribution >= 4 is 17.5 Å². The van der Waals surface area contributed by atoms with E-state index in [0.29, 0.717) is 18.0 Å². The van der Waals surface area contributed by atoms with Crippen LogP contribution in [0.25, 0.3) is 0 Å². The molecule has 2 aliphatic rings. The van der Waals surface area contributed by atoms with Gasteiger partial charge in [0, 0.05) is 6.54 Å². The van der Waals surface area contributed by atoms with Gasteiger partial charge >= 0.3 is 0 Å². The number of fused-ring (bicyclic) bond motifs is 1. The van der Waals surface area contributed by atoms with Crippen molar-refractivity contribution in [3.8, 4) is 5.75 Å². The van der Waals surface area contributed by atoms with Crippen LogP contribution in [0.15, 0.2) is 24.3 Å². The Labute approximate surface area is 148 Å². The Bertz CT molecular complexity index is 597. The first-order chi connectivity index (χ1) is 12.2. The largest absolute Gasteiger partial charge is 0.478 e. The highest BCUT2D eigenvalue weighted by atomic mass is 16.5. The van der Waals surface area contributed by atoms with Gasteiger partial charge in [0.15, 0.2) is 6.10 Å². The van der Waals surface area contributed by atoms with Gasteiger partial charge in [-0.05, 0) is 51.0 Å². The summed E-state index contributed by atoms with van der Waals surface area (Å²) in [5.41, 5.74) is 0.654. The average Bonchev–Trinajstić information content (AvgIpc) is 2.88. The van der Waals surface area contributed by atoms with E-state index < -0.39 is 6.10 Å². The fourth-order valence-corrected chi connectivity index (χ4v) is 3.36. The Hall–Kier alpha value is -2.08. The molecule has 25 heavy (non-hydrogen) atoms. The van der Waals surface area contributed by atoms with Crippen LogP contribution >= 0.6 is 0 Å². The SMILES string of the molecule is O=C(C[C@@H]1Oc2ccccc2NC1=O)NCCCN1CCCCCC1. The van der Waals surface area contributed by atoms with E-state index in [9.17, 15) is 9.59 Å². The van der Waals surface area contributed by atoms with E-state index >= 15 is 0 Å². The van der Waals surface area contributed by atoms with Crippen LogP contribution < -0.4 is 15.4 Å². The number of rotatable bonds is 6. The Morgan fingerprint density at radius 3 is 2.76 bits per heavy atom. The molecule has 1 atom stereocenters. The molecule has 0 radical (unpaired) electrons. The molecular weight excluding hydrogens is 318 g/mol. The van der Waals surface area contributed by atoms with Gasteiger partial charge in [0.2, 0.25) is 5.91 Å². The highest BCUT2D eigenvalue weighted by Crippen LogP contribution is 2.29. The first-order valence-corrected chi connectivity index (χ1v) is 9.28. The molecule has 0 saturated carbocycles. The lowest BCUT2D eigenvalue weighted by Gasteiger charge is -2.25. The molecule has 0 aliphatic carbocycles. The maximum absolute atomic E-state index is 12.1. The number of carbonyl (C=O) groups excluding carboxylic acids is 2. The van der Waals surface area contributed by atoms with Gasteiger partial charge in [-0.15, -0.1) is 0 Å². The summed E-state index contributed by atoms with van der Waals surface area (Å²) in [4.78, 5) is 26.6. The molecule has 1 aromatic carbocycles. The third-order valence-electron chi connectivity index (χ3n) is 4.75. The van der Waals surface area contributed by atoms with Crippen molar-refractivity contribution in [1.82, 2.24) is 10.2 Å².